The van der Waals surface area contributed by atoms with Crippen LogP contribution in [0, 0.1) is 0 Å². The van der Waals surface area contributed by atoms with Gasteiger partial charge < -0.3 is 14.2 Å². The predicted molar refractivity (Wildman–Crippen MR) is 335 cm³/mol. The van der Waals surface area contributed by atoms with Crippen molar-refractivity contribution < 1.29 is 28.6 Å². The summed E-state index contributed by atoms with van der Waals surface area (Å²) >= 11 is 0. The summed E-state index contributed by atoms with van der Waals surface area (Å²) in [5, 5.41) is 0. The summed E-state index contributed by atoms with van der Waals surface area (Å²) in [5.74, 6) is -0.874. The third-order valence-electron chi connectivity index (χ3n) is 15.6. The molecule has 0 aliphatic carbocycles. The molecule has 452 valence electrons. The van der Waals surface area contributed by atoms with Crippen LogP contribution in [0.2, 0.25) is 0 Å². The molecule has 0 aromatic rings. The molecule has 0 saturated heterocycles. The van der Waals surface area contributed by atoms with Gasteiger partial charge in [0.25, 0.3) is 0 Å². The summed E-state index contributed by atoms with van der Waals surface area (Å²) < 4.78 is 16.9. The highest BCUT2D eigenvalue weighted by atomic mass is 16.6. The molecule has 0 amide bonds. The van der Waals surface area contributed by atoms with E-state index in [2.05, 4.69) is 57.2 Å². The van der Waals surface area contributed by atoms with Crippen molar-refractivity contribution in [1.29, 1.82) is 0 Å². The molecule has 0 spiro atoms. The van der Waals surface area contributed by atoms with Gasteiger partial charge in [-0.15, -0.1) is 0 Å². The third-order valence-corrected chi connectivity index (χ3v) is 15.6. The molecule has 0 aliphatic rings. The van der Waals surface area contributed by atoms with Gasteiger partial charge in [-0.1, -0.05) is 308 Å². The number of hydrogen-bond acceptors (Lipinski definition) is 6. The smallest absolute Gasteiger partial charge is 0.306 e. The van der Waals surface area contributed by atoms with Gasteiger partial charge in [-0.05, 0) is 89.9 Å². The van der Waals surface area contributed by atoms with Gasteiger partial charge in [-0.2, -0.15) is 0 Å². The summed E-state index contributed by atoms with van der Waals surface area (Å²) in [4.78, 5) is 38.2. The van der Waals surface area contributed by atoms with Crippen molar-refractivity contribution in [3.8, 4) is 0 Å². The third kappa shape index (κ3) is 64.3. The molecule has 1 atom stereocenters. The van der Waals surface area contributed by atoms with E-state index in [1.165, 1.54) is 263 Å². The minimum absolute atomic E-state index is 0.0741. The molecule has 77 heavy (non-hydrogen) atoms. The maximum absolute atomic E-state index is 12.8. The first-order valence-corrected chi connectivity index (χ1v) is 34.5. The number of esters is 3. The van der Waals surface area contributed by atoms with Gasteiger partial charge in [0.2, 0.25) is 0 Å². The Kier molecular flexibility index (Phi) is 64.1. The fourth-order valence-corrected chi connectivity index (χ4v) is 10.4. The van der Waals surface area contributed by atoms with Crippen molar-refractivity contribution >= 4 is 17.9 Å². The van der Waals surface area contributed by atoms with Crippen LogP contribution in [0.15, 0.2) is 36.5 Å². The lowest BCUT2D eigenvalue weighted by Gasteiger charge is -2.18. The largest absolute Gasteiger partial charge is 0.462 e. The zero-order valence-electron chi connectivity index (χ0n) is 52.0. The summed E-state index contributed by atoms with van der Waals surface area (Å²) in [6.07, 6.45) is 82.1. The Hall–Kier alpha value is -2.37. The lowest BCUT2D eigenvalue weighted by Crippen LogP contribution is -2.30. The molecule has 0 saturated carbocycles. The zero-order valence-corrected chi connectivity index (χ0v) is 52.0. The van der Waals surface area contributed by atoms with E-state index in [-0.39, 0.29) is 31.1 Å². The molecule has 1 unspecified atom stereocenters. The van der Waals surface area contributed by atoms with Crippen LogP contribution >= 0.6 is 0 Å². The van der Waals surface area contributed by atoms with E-state index >= 15 is 0 Å². The Labute approximate surface area is 480 Å². The van der Waals surface area contributed by atoms with Crippen LogP contribution in [-0.2, 0) is 28.6 Å². The van der Waals surface area contributed by atoms with Crippen molar-refractivity contribution in [3.63, 3.8) is 0 Å². The fourth-order valence-electron chi connectivity index (χ4n) is 10.4. The molecule has 0 heterocycles. The van der Waals surface area contributed by atoms with E-state index < -0.39 is 6.10 Å². The van der Waals surface area contributed by atoms with Crippen LogP contribution < -0.4 is 0 Å². The first kappa shape index (κ1) is 74.6. The standard InChI is InChI=1S/C71H132O6/c1-4-7-10-13-16-19-22-24-26-27-28-29-30-31-32-33-34-35-36-37-38-39-40-41-42-43-44-45-46-48-49-52-55-58-61-64-70(73)76-67-68(66-75-69(72)63-60-57-54-51-21-18-15-12-9-6-3)77-71(74)65-62-59-56-53-50-47-25-23-20-17-14-11-8-5-2/h12,15,23,25,27-28,68H,4-11,13-14,16-22,24,26,29-67H2,1-3H3/b15-12-,25-23-,28-27-. The molecule has 6 heteroatoms. The average Bonchev–Trinajstić information content (AvgIpc) is 3.43. The van der Waals surface area contributed by atoms with Gasteiger partial charge in [0, 0.05) is 19.3 Å². The van der Waals surface area contributed by atoms with Gasteiger partial charge >= 0.3 is 17.9 Å². The lowest BCUT2D eigenvalue weighted by atomic mass is 10.0. The number of carbonyl (C=O) groups is 3. The minimum atomic E-state index is -0.777. The molecule has 0 N–H and O–H groups in total. The molecule has 0 rings (SSSR count). The van der Waals surface area contributed by atoms with E-state index in [1.807, 2.05) is 0 Å². The van der Waals surface area contributed by atoms with Gasteiger partial charge in [-0.25, -0.2) is 0 Å². The van der Waals surface area contributed by atoms with Crippen LogP contribution in [0.5, 0.6) is 0 Å². The first-order valence-electron chi connectivity index (χ1n) is 34.5. The summed E-state index contributed by atoms with van der Waals surface area (Å²) in [7, 11) is 0. The topological polar surface area (TPSA) is 78.9 Å². The van der Waals surface area contributed by atoms with E-state index in [1.54, 1.807) is 0 Å². The number of hydrogen-bond donors (Lipinski definition) is 0. The van der Waals surface area contributed by atoms with Crippen molar-refractivity contribution in [2.75, 3.05) is 13.2 Å². The van der Waals surface area contributed by atoms with Crippen LogP contribution in [-0.4, -0.2) is 37.2 Å². The SMILES string of the molecule is CCC/C=C\CCCCCCCC(=O)OCC(COC(=O)CCCCCCCCCCCCCCCCCCCCCCCCC/C=C\CCCCCCCCCC)OC(=O)CCCCCCC/C=C\CCCCCCC. The van der Waals surface area contributed by atoms with E-state index in [9.17, 15) is 14.4 Å². The van der Waals surface area contributed by atoms with Crippen molar-refractivity contribution in [2.45, 2.75) is 386 Å². The van der Waals surface area contributed by atoms with Crippen LogP contribution in [0.1, 0.15) is 380 Å². The maximum Gasteiger partial charge on any atom is 0.306 e. The number of rotatable bonds is 64. The highest BCUT2D eigenvalue weighted by Crippen LogP contribution is 2.18. The van der Waals surface area contributed by atoms with E-state index in [4.69, 9.17) is 14.2 Å². The molecular formula is C71H132O6. The normalized spacial score (nSPS) is 12.2. The molecule has 0 aromatic heterocycles. The Morgan fingerprint density at radius 1 is 0.247 bits per heavy atom. The Morgan fingerprint density at radius 2 is 0.455 bits per heavy atom. The average molecular weight is 1080 g/mol. The second-order valence-corrected chi connectivity index (χ2v) is 23.4. The number of carbonyl (C=O) groups excluding carboxylic acids is 3. The van der Waals surface area contributed by atoms with Gasteiger partial charge in [0.15, 0.2) is 6.10 Å². The number of allylic oxidation sites excluding steroid dienone is 6. The van der Waals surface area contributed by atoms with Gasteiger partial charge in [0.1, 0.15) is 13.2 Å². The lowest BCUT2D eigenvalue weighted by molar-refractivity contribution is -0.167. The molecule has 0 fully saturated rings. The Morgan fingerprint density at radius 3 is 0.701 bits per heavy atom. The summed E-state index contributed by atoms with van der Waals surface area (Å²) in [5.41, 5.74) is 0. The molecule has 0 radical (unpaired) electrons. The highest BCUT2D eigenvalue weighted by Gasteiger charge is 2.19. The predicted octanol–water partition coefficient (Wildman–Crippen LogP) is 23.6. The molecule has 0 bridgehead atoms. The molecule has 0 aromatic carbocycles. The van der Waals surface area contributed by atoms with Crippen LogP contribution in [0.4, 0.5) is 0 Å². The van der Waals surface area contributed by atoms with Crippen molar-refractivity contribution in [3.05, 3.63) is 36.5 Å². The zero-order chi connectivity index (χ0) is 55.7. The Balaban J connectivity index is 3.97. The van der Waals surface area contributed by atoms with Crippen LogP contribution in [0.3, 0.4) is 0 Å². The van der Waals surface area contributed by atoms with E-state index in [0.717, 1.165) is 77.0 Å². The number of ether oxygens (including phenoxy) is 3. The molecule has 0 aliphatic heterocycles. The molecule has 6 nitrogen and oxygen atoms in total. The number of unbranched alkanes of at least 4 members (excludes halogenated alkanes) is 47. The quantitative estimate of drug-likeness (QED) is 0.0261. The summed E-state index contributed by atoms with van der Waals surface area (Å²) in [6, 6.07) is 0. The second kappa shape index (κ2) is 66.1. The van der Waals surface area contributed by atoms with Crippen molar-refractivity contribution in [1.82, 2.24) is 0 Å². The van der Waals surface area contributed by atoms with E-state index in [0.29, 0.717) is 19.3 Å². The highest BCUT2D eigenvalue weighted by molar-refractivity contribution is 5.71. The van der Waals surface area contributed by atoms with Gasteiger partial charge in [0.05, 0.1) is 0 Å². The molecular weight excluding hydrogens is 949 g/mol. The first-order chi connectivity index (χ1) is 38.0. The van der Waals surface area contributed by atoms with Crippen molar-refractivity contribution in [2.24, 2.45) is 0 Å². The Bertz CT molecular complexity index is 1290. The monoisotopic (exact) mass is 1080 g/mol. The fraction of sp³-hybridized carbons (Fsp3) is 0.873. The summed E-state index contributed by atoms with van der Waals surface area (Å²) in [6.45, 7) is 6.60. The van der Waals surface area contributed by atoms with Gasteiger partial charge in [-0.3, -0.25) is 14.4 Å². The maximum atomic E-state index is 12.8. The minimum Gasteiger partial charge on any atom is -0.462 e. The van der Waals surface area contributed by atoms with Crippen LogP contribution in [0.25, 0.3) is 0 Å². The second-order valence-electron chi connectivity index (χ2n) is 23.4.